The van der Waals surface area contributed by atoms with E-state index in [1.54, 1.807) is 0 Å². The molecule has 1 aromatic rings. The van der Waals surface area contributed by atoms with Crippen molar-refractivity contribution in [1.29, 1.82) is 0 Å². The number of rotatable bonds is 4. The molecule has 2 heteroatoms. The number of nitrogens with one attached hydrogen (secondary N) is 1. The van der Waals surface area contributed by atoms with E-state index in [-0.39, 0.29) is 5.60 Å². The summed E-state index contributed by atoms with van der Waals surface area (Å²) in [6.07, 6.45) is 2.74. The van der Waals surface area contributed by atoms with Crippen LogP contribution in [0.3, 0.4) is 0 Å². The number of benzene rings is 1. The first-order valence-corrected chi connectivity index (χ1v) is 7.46. The number of fused-ring (bicyclic) bond motifs is 1. The lowest BCUT2D eigenvalue weighted by molar-refractivity contribution is 0.0921. The van der Waals surface area contributed by atoms with Crippen molar-refractivity contribution in [2.45, 2.75) is 52.2 Å². The lowest BCUT2D eigenvalue weighted by atomic mass is 9.89. The van der Waals surface area contributed by atoms with Crippen LogP contribution in [0, 0.1) is 11.3 Å². The fraction of sp³-hybridized carbons (Fsp3) is 0.647. The molecule has 1 atom stereocenters. The summed E-state index contributed by atoms with van der Waals surface area (Å²) in [6, 6.07) is 8.73. The van der Waals surface area contributed by atoms with Crippen LogP contribution in [0.2, 0.25) is 0 Å². The number of hydrogen-bond acceptors (Lipinski definition) is 2. The molecule has 1 fully saturated rings. The average Bonchev–Trinajstić information content (AvgIpc) is 3.07. The zero-order chi connectivity index (χ0) is 13.7. The molecule has 0 bridgehead atoms. The summed E-state index contributed by atoms with van der Waals surface area (Å²) in [4.78, 5) is 0. The van der Waals surface area contributed by atoms with Crippen LogP contribution in [0.5, 0.6) is 5.75 Å². The molecule has 2 nitrogen and oxygen atoms in total. The monoisotopic (exact) mass is 259 g/mol. The third-order valence-corrected chi connectivity index (χ3v) is 5.07. The Labute approximate surface area is 116 Å². The average molecular weight is 259 g/mol. The SMILES string of the molecule is CC(C)C1(CNC2c3ccccc3OC2(C)C)CC1. The van der Waals surface area contributed by atoms with Gasteiger partial charge in [-0.2, -0.15) is 0 Å². The van der Waals surface area contributed by atoms with Gasteiger partial charge in [-0.1, -0.05) is 32.0 Å². The predicted octanol–water partition coefficient (Wildman–Crippen LogP) is 3.92. The standard InChI is InChI=1S/C17H25NO/c1-12(2)17(9-10-17)11-18-15-13-7-5-6-8-14(13)19-16(15,3)4/h5-8,12,15,18H,9-11H2,1-4H3. The molecule has 2 aliphatic rings. The molecule has 0 spiro atoms. The van der Waals surface area contributed by atoms with Gasteiger partial charge in [-0.05, 0) is 44.1 Å². The van der Waals surface area contributed by atoms with Crippen LogP contribution in [0.4, 0.5) is 0 Å². The van der Waals surface area contributed by atoms with Gasteiger partial charge in [0.05, 0.1) is 6.04 Å². The maximum atomic E-state index is 6.09. The first-order chi connectivity index (χ1) is 8.95. The van der Waals surface area contributed by atoms with Crippen LogP contribution in [0.1, 0.15) is 52.1 Å². The molecular formula is C17H25NO. The van der Waals surface area contributed by atoms with E-state index in [4.69, 9.17) is 4.74 Å². The lowest BCUT2D eigenvalue weighted by Crippen LogP contribution is -2.42. The minimum absolute atomic E-state index is 0.156. The van der Waals surface area contributed by atoms with Crippen molar-refractivity contribution in [3.63, 3.8) is 0 Å². The number of hydrogen-bond donors (Lipinski definition) is 1. The molecule has 1 aliphatic heterocycles. The van der Waals surface area contributed by atoms with Gasteiger partial charge in [0.25, 0.3) is 0 Å². The largest absolute Gasteiger partial charge is 0.486 e. The highest BCUT2D eigenvalue weighted by Gasteiger charge is 2.47. The second kappa shape index (κ2) is 4.24. The van der Waals surface area contributed by atoms with E-state index in [1.165, 1.54) is 18.4 Å². The number of para-hydroxylation sites is 1. The highest BCUT2D eigenvalue weighted by molar-refractivity contribution is 5.42. The Morgan fingerprint density at radius 2 is 1.95 bits per heavy atom. The van der Waals surface area contributed by atoms with Crippen LogP contribution in [0.15, 0.2) is 24.3 Å². The molecule has 3 rings (SSSR count). The summed E-state index contributed by atoms with van der Waals surface area (Å²) in [7, 11) is 0. The van der Waals surface area contributed by atoms with Gasteiger partial charge in [0.15, 0.2) is 0 Å². The van der Waals surface area contributed by atoms with Crippen LogP contribution < -0.4 is 10.1 Å². The van der Waals surface area contributed by atoms with E-state index < -0.39 is 0 Å². The second-order valence-electron chi connectivity index (χ2n) is 7.07. The van der Waals surface area contributed by atoms with Crippen molar-refractivity contribution in [3.05, 3.63) is 29.8 Å². The van der Waals surface area contributed by atoms with Crippen LogP contribution in [-0.2, 0) is 0 Å². The highest BCUT2D eigenvalue weighted by Crippen LogP contribution is 2.52. The topological polar surface area (TPSA) is 21.3 Å². The van der Waals surface area contributed by atoms with Gasteiger partial charge in [0.2, 0.25) is 0 Å². The first-order valence-electron chi connectivity index (χ1n) is 7.46. The normalized spacial score (nSPS) is 26.1. The van der Waals surface area contributed by atoms with Crippen LogP contribution in [0.25, 0.3) is 0 Å². The molecule has 1 N–H and O–H groups in total. The molecule has 1 aliphatic carbocycles. The summed E-state index contributed by atoms with van der Waals surface area (Å²) in [5.41, 5.74) is 1.69. The predicted molar refractivity (Wildman–Crippen MR) is 78.4 cm³/mol. The van der Waals surface area contributed by atoms with Crippen molar-refractivity contribution in [1.82, 2.24) is 5.32 Å². The summed E-state index contributed by atoms with van der Waals surface area (Å²) in [5, 5.41) is 3.79. The van der Waals surface area contributed by atoms with Crippen molar-refractivity contribution >= 4 is 0 Å². The summed E-state index contributed by atoms with van der Waals surface area (Å²) in [6.45, 7) is 10.2. The Balaban J connectivity index is 1.77. The van der Waals surface area contributed by atoms with Crippen LogP contribution in [-0.4, -0.2) is 12.1 Å². The Hall–Kier alpha value is -1.02. The molecule has 1 aromatic carbocycles. The van der Waals surface area contributed by atoms with E-state index >= 15 is 0 Å². The van der Waals surface area contributed by atoms with Gasteiger partial charge >= 0.3 is 0 Å². The molecule has 1 heterocycles. The van der Waals surface area contributed by atoms with Gasteiger partial charge in [0, 0.05) is 12.1 Å². The van der Waals surface area contributed by atoms with Crippen molar-refractivity contribution < 1.29 is 4.74 Å². The maximum Gasteiger partial charge on any atom is 0.125 e. The molecular weight excluding hydrogens is 234 g/mol. The quantitative estimate of drug-likeness (QED) is 0.884. The summed E-state index contributed by atoms with van der Waals surface area (Å²) in [5.74, 6) is 1.81. The minimum Gasteiger partial charge on any atom is -0.486 e. The van der Waals surface area contributed by atoms with Gasteiger partial charge in [0.1, 0.15) is 11.4 Å². The lowest BCUT2D eigenvalue weighted by Gasteiger charge is -2.30. The molecule has 0 aromatic heterocycles. The Bertz CT molecular complexity index is 474. The molecule has 104 valence electrons. The number of ether oxygens (including phenoxy) is 1. The smallest absolute Gasteiger partial charge is 0.125 e. The first kappa shape index (κ1) is 13.0. The maximum absolute atomic E-state index is 6.09. The van der Waals surface area contributed by atoms with Crippen molar-refractivity contribution in [2.75, 3.05) is 6.54 Å². The fourth-order valence-electron chi connectivity index (χ4n) is 3.31. The van der Waals surface area contributed by atoms with E-state index in [0.717, 1.165) is 18.2 Å². The molecule has 19 heavy (non-hydrogen) atoms. The van der Waals surface area contributed by atoms with E-state index in [1.807, 2.05) is 6.07 Å². The van der Waals surface area contributed by atoms with Gasteiger partial charge in [-0.3, -0.25) is 0 Å². The summed E-state index contributed by atoms with van der Waals surface area (Å²) >= 11 is 0. The Kier molecular flexibility index (Phi) is 2.90. The van der Waals surface area contributed by atoms with Gasteiger partial charge in [-0.25, -0.2) is 0 Å². The Morgan fingerprint density at radius 1 is 1.26 bits per heavy atom. The zero-order valence-corrected chi connectivity index (χ0v) is 12.5. The minimum atomic E-state index is -0.156. The van der Waals surface area contributed by atoms with Gasteiger partial charge < -0.3 is 10.1 Å². The molecule has 1 saturated carbocycles. The third-order valence-electron chi connectivity index (χ3n) is 5.07. The molecule has 0 radical (unpaired) electrons. The highest BCUT2D eigenvalue weighted by atomic mass is 16.5. The van der Waals surface area contributed by atoms with Gasteiger partial charge in [-0.15, -0.1) is 0 Å². The third kappa shape index (κ3) is 2.16. The Morgan fingerprint density at radius 3 is 2.58 bits per heavy atom. The van der Waals surface area contributed by atoms with Crippen molar-refractivity contribution in [3.8, 4) is 5.75 Å². The van der Waals surface area contributed by atoms with E-state index in [2.05, 4.69) is 51.2 Å². The fourth-order valence-corrected chi connectivity index (χ4v) is 3.31. The van der Waals surface area contributed by atoms with Crippen LogP contribution >= 0.6 is 0 Å². The second-order valence-corrected chi connectivity index (χ2v) is 7.07. The zero-order valence-electron chi connectivity index (χ0n) is 12.5. The molecule has 0 amide bonds. The van der Waals surface area contributed by atoms with E-state index in [0.29, 0.717) is 11.5 Å². The molecule has 1 unspecified atom stereocenters. The summed E-state index contributed by atoms with van der Waals surface area (Å²) < 4.78 is 6.09. The van der Waals surface area contributed by atoms with E-state index in [9.17, 15) is 0 Å². The molecule has 0 saturated heterocycles. The van der Waals surface area contributed by atoms with Crippen molar-refractivity contribution in [2.24, 2.45) is 11.3 Å².